The van der Waals surface area contributed by atoms with Crippen LogP contribution in [-0.2, 0) is 11.3 Å². The molecule has 1 unspecified atom stereocenters. The lowest BCUT2D eigenvalue weighted by molar-refractivity contribution is -0.385. The van der Waals surface area contributed by atoms with Gasteiger partial charge in [0.1, 0.15) is 24.5 Å². The first-order valence-corrected chi connectivity index (χ1v) is 12.3. The number of anilines is 2. The molecule has 0 saturated carbocycles. The number of nitro benzene ring substituents is 1. The number of benzene rings is 3. The second-order valence-corrected chi connectivity index (χ2v) is 9.13. The summed E-state index contributed by atoms with van der Waals surface area (Å²) in [6, 6.07) is 19.1. The molecule has 10 nitrogen and oxygen atoms in total. The van der Waals surface area contributed by atoms with Crippen LogP contribution in [-0.4, -0.2) is 29.2 Å². The van der Waals surface area contributed by atoms with Gasteiger partial charge in [-0.3, -0.25) is 15.1 Å². The van der Waals surface area contributed by atoms with Crippen LogP contribution in [0.4, 0.5) is 17.1 Å². The molecule has 0 spiro atoms. The van der Waals surface area contributed by atoms with Crippen molar-refractivity contribution in [3.8, 4) is 23.6 Å². The molecule has 4 aromatic rings. The average molecular weight is 542 g/mol. The highest BCUT2D eigenvalue weighted by Gasteiger charge is 2.25. The van der Waals surface area contributed by atoms with Gasteiger partial charge in [-0.15, -0.1) is 0 Å². The van der Waals surface area contributed by atoms with E-state index in [0.717, 1.165) is 5.56 Å². The normalized spacial score (nSPS) is 14.4. The van der Waals surface area contributed by atoms with Crippen molar-refractivity contribution in [1.29, 1.82) is 10.5 Å². The molecular weight excluding hydrogens is 522 g/mol. The Balaban J connectivity index is 1.43. The molecule has 0 amide bonds. The van der Waals surface area contributed by atoms with E-state index in [2.05, 4.69) is 22.4 Å². The molecule has 0 radical (unpaired) electrons. The third-order valence-electron chi connectivity index (χ3n) is 6.10. The summed E-state index contributed by atoms with van der Waals surface area (Å²) in [5.74, 6) is 0.522. The number of fused-ring (bicyclic) bond motifs is 1. The number of halogens is 1. The van der Waals surface area contributed by atoms with Gasteiger partial charge < -0.3 is 19.5 Å². The van der Waals surface area contributed by atoms with Gasteiger partial charge in [0.25, 0.3) is 0 Å². The number of ether oxygens (including phenoxy) is 3. The molecule has 0 aliphatic carbocycles. The van der Waals surface area contributed by atoms with E-state index in [9.17, 15) is 15.4 Å². The number of nitrogens with one attached hydrogen (secondary N) is 1. The maximum absolute atomic E-state index is 11.9. The Bertz CT molecular complexity index is 1660. The predicted molar refractivity (Wildman–Crippen MR) is 143 cm³/mol. The molecule has 0 bridgehead atoms. The molecule has 1 aromatic heterocycles. The molecule has 11 heteroatoms. The highest BCUT2D eigenvalue weighted by atomic mass is 35.5. The lowest BCUT2D eigenvalue weighted by atomic mass is 10.1. The highest BCUT2D eigenvalue weighted by molar-refractivity contribution is 6.32. The van der Waals surface area contributed by atoms with Gasteiger partial charge in [0.05, 0.1) is 51.6 Å². The van der Waals surface area contributed by atoms with Crippen molar-refractivity contribution < 1.29 is 19.1 Å². The third-order valence-corrected chi connectivity index (χ3v) is 6.39. The van der Waals surface area contributed by atoms with Crippen LogP contribution in [0.15, 0.2) is 60.8 Å². The first-order chi connectivity index (χ1) is 18.9. The van der Waals surface area contributed by atoms with Gasteiger partial charge >= 0.3 is 5.69 Å². The van der Waals surface area contributed by atoms with Crippen LogP contribution >= 0.6 is 11.6 Å². The summed E-state index contributed by atoms with van der Waals surface area (Å²) in [6.07, 6.45) is 1.75. The van der Waals surface area contributed by atoms with E-state index < -0.39 is 4.92 Å². The molecular formula is C28H20ClN5O5. The van der Waals surface area contributed by atoms with Gasteiger partial charge in [0.2, 0.25) is 0 Å². The van der Waals surface area contributed by atoms with E-state index in [1.807, 2.05) is 6.07 Å². The van der Waals surface area contributed by atoms with Crippen LogP contribution in [0.5, 0.6) is 11.5 Å². The van der Waals surface area contributed by atoms with Gasteiger partial charge in [-0.25, -0.2) is 0 Å². The van der Waals surface area contributed by atoms with E-state index in [1.54, 1.807) is 36.4 Å². The number of nitro groups is 1. The number of rotatable bonds is 8. The highest BCUT2D eigenvalue weighted by Crippen LogP contribution is 2.38. The molecule has 1 fully saturated rings. The molecule has 39 heavy (non-hydrogen) atoms. The quantitative estimate of drug-likeness (QED) is 0.209. The molecule has 1 atom stereocenters. The minimum absolute atomic E-state index is 0.0935. The van der Waals surface area contributed by atoms with Crippen molar-refractivity contribution in [1.82, 2.24) is 4.98 Å². The zero-order chi connectivity index (χ0) is 27.4. The van der Waals surface area contributed by atoms with Gasteiger partial charge in [-0.2, -0.15) is 10.5 Å². The van der Waals surface area contributed by atoms with Gasteiger partial charge in [-0.1, -0.05) is 23.7 Å². The van der Waals surface area contributed by atoms with Gasteiger partial charge in [0, 0.05) is 35.8 Å². The largest absolute Gasteiger partial charge is 0.487 e. The maximum atomic E-state index is 11.9. The Hall–Kier alpha value is -4.90. The van der Waals surface area contributed by atoms with Crippen LogP contribution in [0.1, 0.15) is 23.1 Å². The Kier molecular flexibility index (Phi) is 7.41. The monoisotopic (exact) mass is 541 g/mol. The first-order valence-electron chi connectivity index (χ1n) is 11.9. The van der Waals surface area contributed by atoms with E-state index in [-0.39, 0.29) is 29.7 Å². The second kappa shape index (κ2) is 11.2. The van der Waals surface area contributed by atoms with E-state index in [4.69, 9.17) is 31.1 Å². The minimum atomic E-state index is -0.525. The van der Waals surface area contributed by atoms with Crippen molar-refractivity contribution in [3.63, 3.8) is 0 Å². The Morgan fingerprint density at radius 1 is 1.15 bits per heavy atom. The topological polar surface area (TPSA) is 143 Å². The van der Waals surface area contributed by atoms with Crippen molar-refractivity contribution in [2.45, 2.75) is 19.1 Å². The van der Waals surface area contributed by atoms with Crippen LogP contribution < -0.4 is 14.8 Å². The first kappa shape index (κ1) is 25.7. The molecule has 5 rings (SSSR count). The van der Waals surface area contributed by atoms with E-state index >= 15 is 0 Å². The molecule has 1 saturated heterocycles. The number of aromatic nitrogens is 1. The SMILES string of the molecule is N#Cc1cccc(COc2ccc(Nc3c(C#N)cnc4cc(OC5CCOC5)c([N+](=O)[O-])cc34)cc2Cl)c1. The third kappa shape index (κ3) is 5.68. The molecule has 1 aliphatic heterocycles. The van der Waals surface area contributed by atoms with E-state index in [0.29, 0.717) is 58.2 Å². The summed E-state index contributed by atoms with van der Waals surface area (Å²) in [5.41, 5.74) is 2.61. The molecule has 1 aliphatic rings. The summed E-state index contributed by atoms with van der Waals surface area (Å²) < 4.78 is 17.0. The Labute approximate surface area is 228 Å². The molecule has 2 heterocycles. The fraction of sp³-hybridized carbons (Fsp3) is 0.179. The smallest absolute Gasteiger partial charge is 0.311 e. The summed E-state index contributed by atoms with van der Waals surface area (Å²) in [6.45, 7) is 1.11. The fourth-order valence-electron chi connectivity index (χ4n) is 4.18. The van der Waals surface area contributed by atoms with Crippen LogP contribution in [0.2, 0.25) is 5.02 Å². The van der Waals surface area contributed by atoms with Crippen LogP contribution in [0.25, 0.3) is 10.9 Å². The zero-order valence-corrected chi connectivity index (χ0v) is 21.1. The van der Waals surface area contributed by atoms with Gasteiger partial charge in [0.15, 0.2) is 5.75 Å². The number of nitriles is 2. The Morgan fingerprint density at radius 2 is 2.03 bits per heavy atom. The summed E-state index contributed by atoms with van der Waals surface area (Å²) in [5, 5.41) is 34.5. The lowest BCUT2D eigenvalue weighted by Gasteiger charge is -2.16. The number of hydrogen-bond acceptors (Lipinski definition) is 9. The molecule has 1 N–H and O–H groups in total. The minimum Gasteiger partial charge on any atom is -0.487 e. The molecule has 194 valence electrons. The summed E-state index contributed by atoms with van der Waals surface area (Å²) >= 11 is 6.47. The van der Waals surface area contributed by atoms with Crippen molar-refractivity contribution in [2.75, 3.05) is 18.5 Å². The van der Waals surface area contributed by atoms with E-state index in [1.165, 1.54) is 18.3 Å². The summed E-state index contributed by atoms with van der Waals surface area (Å²) in [4.78, 5) is 15.7. The van der Waals surface area contributed by atoms with Gasteiger partial charge in [-0.05, 0) is 35.9 Å². The van der Waals surface area contributed by atoms with Crippen LogP contribution in [0.3, 0.4) is 0 Å². The fourth-order valence-corrected chi connectivity index (χ4v) is 4.42. The second-order valence-electron chi connectivity index (χ2n) is 8.73. The van der Waals surface area contributed by atoms with Crippen molar-refractivity contribution in [3.05, 3.63) is 92.6 Å². The lowest BCUT2D eigenvalue weighted by Crippen LogP contribution is -2.16. The van der Waals surface area contributed by atoms with Crippen LogP contribution in [0, 0.1) is 32.8 Å². The predicted octanol–water partition coefficient (Wildman–Crippen LogP) is 6.03. The zero-order valence-electron chi connectivity index (χ0n) is 20.4. The standard InChI is InChI=1S/C28H20ClN5O5/c29-23-9-20(4-5-26(23)38-15-18-3-1-2-17(8-18)12-30)33-28-19(13-31)14-32-24-11-27(39-21-6-7-37-16-21)25(34(35)36)10-22(24)28/h1-5,8-11,14,21H,6-7,15-16H2,(H,32,33). The van der Waals surface area contributed by atoms with Crippen molar-refractivity contribution >= 4 is 39.6 Å². The van der Waals surface area contributed by atoms with Crippen molar-refractivity contribution in [2.24, 2.45) is 0 Å². The number of nitrogens with zero attached hydrogens (tertiary/aromatic N) is 4. The molecule has 3 aromatic carbocycles. The number of pyridine rings is 1. The average Bonchev–Trinajstić information content (AvgIpc) is 3.45. The maximum Gasteiger partial charge on any atom is 0.311 e. The summed E-state index contributed by atoms with van der Waals surface area (Å²) in [7, 11) is 0. The Morgan fingerprint density at radius 3 is 2.74 bits per heavy atom. The number of hydrogen-bond donors (Lipinski definition) is 1.